The first kappa shape index (κ1) is 12.3. The summed E-state index contributed by atoms with van der Waals surface area (Å²) in [5, 5.41) is 1.88. The smallest absolute Gasteiger partial charge is 0.263 e. The van der Waals surface area contributed by atoms with Gasteiger partial charge in [0, 0.05) is 18.7 Å². The lowest BCUT2D eigenvalue weighted by Gasteiger charge is -2.27. The molecule has 5 nitrogen and oxygen atoms in total. The number of morpholine rings is 1. The molecule has 0 saturated carbocycles. The fraction of sp³-hybridized carbons (Fsp3) is 0.357. The molecule has 1 aliphatic heterocycles. The molecule has 100 valence electrons. The molecule has 19 heavy (non-hydrogen) atoms. The number of nitrogens with zero attached hydrogens (tertiary/aromatic N) is 1. The van der Waals surface area contributed by atoms with Gasteiger partial charge in [0.1, 0.15) is 0 Å². The van der Waals surface area contributed by atoms with E-state index in [4.69, 9.17) is 10.5 Å². The van der Waals surface area contributed by atoms with Gasteiger partial charge in [-0.2, -0.15) is 0 Å². The highest BCUT2D eigenvalue weighted by Gasteiger charge is 2.27. The molecule has 1 atom stereocenters. The van der Waals surface area contributed by atoms with Crippen molar-refractivity contribution in [3.63, 3.8) is 0 Å². The molecule has 3 rings (SSSR count). The fourth-order valence-corrected chi connectivity index (χ4v) is 2.44. The van der Waals surface area contributed by atoms with Crippen molar-refractivity contribution in [1.29, 1.82) is 0 Å². The molecule has 1 aromatic rings. The van der Waals surface area contributed by atoms with E-state index in [-0.39, 0.29) is 11.9 Å². The summed E-state index contributed by atoms with van der Waals surface area (Å²) in [6, 6.07) is 7.49. The van der Waals surface area contributed by atoms with Gasteiger partial charge in [0.25, 0.3) is 5.91 Å². The molecule has 5 heteroatoms. The number of benzene rings is 1. The minimum absolute atomic E-state index is 0.120. The molecule has 1 amide bonds. The van der Waals surface area contributed by atoms with Gasteiger partial charge in [-0.05, 0) is 17.2 Å². The number of carbonyl (C=O) groups is 1. The van der Waals surface area contributed by atoms with Crippen LogP contribution in [0.25, 0.3) is 6.08 Å². The third-order valence-electron chi connectivity index (χ3n) is 3.51. The predicted molar refractivity (Wildman–Crippen MR) is 71.9 cm³/mol. The van der Waals surface area contributed by atoms with Crippen LogP contribution in [0.1, 0.15) is 17.2 Å². The van der Waals surface area contributed by atoms with Crippen LogP contribution in [0.3, 0.4) is 0 Å². The highest BCUT2D eigenvalue weighted by Crippen LogP contribution is 2.32. The van der Waals surface area contributed by atoms with Gasteiger partial charge in [0.05, 0.1) is 19.3 Å². The normalized spacial score (nSPS) is 22.8. The molecule has 0 bridgehead atoms. The number of carbonyl (C=O) groups excluding carboxylic acids is 1. The monoisotopic (exact) mass is 259 g/mol. The molecule has 0 radical (unpaired) electrons. The van der Waals surface area contributed by atoms with Crippen LogP contribution in [-0.4, -0.2) is 37.2 Å². The Morgan fingerprint density at radius 3 is 2.79 bits per heavy atom. The van der Waals surface area contributed by atoms with Crippen molar-refractivity contribution >= 4 is 12.0 Å². The average Bonchev–Trinajstić information content (AvgIpc) is 2.78. The largest absolute Gasteiger partial charge is 0.379 e. The summed E-state index contributed by atoms with van der Waals surface area (Å²) >= 11 is 0. The van der Waals surface area contributed by atoms with E-state index in [1.54, 1.807) is 0 Å². The van der Waals surface area contributed by atoms with Crippen molar-refractivity contribution in [2.24, 2.45) is 5.73 Å². The van der Waals surface area contributed by atoms with E-state index < -0.39 is 0 Å². The summed E-state index contributed by atoms with van der Waals surface area (Å²) in [4.78, 5) is 12.3. The standard InChI is InChI=1S/C14H17N3O2/c15-13-11-4-2-1-3-10(11)9-12(13)14(18)16-17-5-7-19-8-6-17/h1-4,9,13H,5-8,15H2,(H,16,18). The van der Waals surface area contributed by atoms with E-state index in [1.165, 1.54) is 0 Å². The predicted octanol–water partition coefficient (Wildman–Crippen LogP) is 0.447. The number of hydrogen-bond acceptors (Lipinski definition) is 4. The molecule has 1 heterocycles. The number of fused-ring (bicyclic) bond motifs is 1. The van der Waals surface area contributed by atoms with Crippen LogP contribution in [0.4, 0.5) is 0 Å². The highest BCUT2D eigenvalue weighted by molar-refractivity contribution is 6.01. The quantitative estimate of drug-likeness (QED) is 0.809. The van der Waals surface area contributed by atoms with Crippen LogP contribution in [-0.2, 0) is 9.53 Å². The van der Waals surface area contributed by atoms with Crippen molar-refractivity contribution in [3.05, 3.63) is 41.0 Å². The zero-order valence-electron chi connectivity index (χ0n) is 10.6. The van der Waals surface area contributed by atoms with E-state index in [9.17, 15) is 4.79 Å². The van der Waals surface area contributed by atoms with Crippen LogP contribution in [0, 0.1) is 0 Å². The SMILES string of the molecule is NC1C(C(=O)NN2CCOCC2)=Cc2ccccc21. The van der Waals surface area contributed by atoms with Gasteiger partial charge in [-0.1, -0.05) is 24.3 Å². The molecule has 0 spiro atoms. The van der Waals surface area contributed by atoms with Crippen LogP contribution < -0.4 is 11.2 Å². The molecule has 1 unspecified atom stereocenters. The molecule has 1 fully saturated rings. The Morgan fingerprint density at radius 2 is 2.05 bits per heavy atom. The molecular formula is C14H17N3O2. The zero-order chi connectivity index (χ0) is 13.2. The highest BCUT2D eigenvalue weighted by atomic mass is 16.5. The maximum absolute atomic E-state index is 12.3. The lowest BCUT2D eigenvalue weighted by Crippen LogP contribution is -2.49. The zero-order valence-corrected chi connectivity index (χ0v) is 10.6. The van der Waals surface area contributed by atoms with E-state index >= 15 is 0 Å². The molecule has 3 N–H and O–H groups in total. The molecule has 1 saturated heterocycles. The van der Waals surface area contributed by atoms with Crippen LogP contribution >= 0.6 is 0 Å². The Hall–Kier alpha value is -1.69. The van der Waals surface area contributed by atoms with E-state index in [1.807, 2.05) is 35.4 Å². The average molecular weight is 259 g/mol. The second kappa shape index (κ2) is 5.13. The van der Waals surface area contributed by atoms with Gasteiger partial charge in [-0.25, -0.2) is 5.01 Å². The van der Waals surface area contributed by atoms with Gasteiger partial charge >= 0.3 is 0 Å². The van der Waals surface area contributed by atoms with Crippen molar-refractivity contribution in [3.8, 4) is 0 Å². The summed E-state index contributed by atoms with van der Waals surface area (Å²) in [6.45, 7) is 2.71. The summed E-state index contributed by atoms with van der Waals surface area (Å²) < 4.78 is 5.25. The van der Waals surface area contributed by atoms with Crippen LogP contribution in [0.5, 0.6) is 0 Å². The molecule has 2 aliphatic rings. The molecule has 0 aromatic heterocycles. The minimum atomic E-state index is -0.336. The Balaban J connectivity index is 1.71. The molecular weight excluding hydrogens is 242 g/mol. The van der Waals surface area contributed by atoms with Gasteiger partial charge in [0.2, 0.25) is 0 Å². The number of nitrogens with two attached hydrogens (primary N) is 1. The summed E-state index contributed by atoms with van der Waals surface area (Å²) in [6.07, 6.45) is 1.87. The Morgan fingerprint density at radius 1 is 1.32 bits per heavy atom. The Kier molecular flexibility index (Phi) is 3.33. The lowest BCUT2D eigenvalue weighted by molar-refractivity contribution is -0.124. The topological polar surface area (TPSA) is 67.6 Å². The number of ether oxygens (including phenoxy) is 1. The van der Waals surface area contributed by atoms with Crippen molar-refractivity contribution < 1.29 is 9.53 Å². The number of hydrogen-bond donors (Lipinski definition) is 2. The molecule has 1 aliphatic carbocycles. The number of hydrazine groups is 1. The Labute approximate surface area is 112 Å². The lowest BCUT2D eigenvalue weighted by atomic mass is 10.0. The summed E-state index contributed by atoms with van der Waals surface area (Å²) in [7, 11) is 0. The van der Waals surface area contributed by atoms with Gasteiger partial charge in [-0.3, -0.25) is 10.2 Å². The van der Waals surface area contributed by atoms with Crippen molar-refractivity contribution in [2.45, 2.75) is 6.04 Å². The number of amides is 1. The van der Waals surface area contributed by atoms with Gasteiger partial charge in [-0.15, -0.1) is 0 Å². The maximum atomic E-state index is 12.3. The van der Waals surface area contributed by atoms with E-state index in [0.717, 1.165) is 11.1 Å². The van der Waals surface area contributed by atoms with Crippen molar-refractivity contribution in [2.75, 3.05) is 26.3 Å². The van der Waals surface area contributed by atoms with E-state index in [0.29, 0.717) is 31.9 Å². The first-order valence-corrected chi connectivity index (χ1v) is 6.45. The summed E-state index contributed by atoms with van der Waals surface area (Å²) in [5.41, 5.74) is 11.7. The number of rotatable bonds is 2. The van der Waals surface area contributed by atoms with Crippen molar-refractivity contribution in [1.82, 2.24) is 10.4 Å². The van der Waals surface area contributed by atoms with Gasteiger partial charge < -0.3 is 10.5 Å². The van der Waals surface area contributed by atoms with Crippen LogP contribution in [0.2, 0.25) is 0 Å². The third-order valence-corrected chi connectivity index (χ3v) is 3.51. The van der Waals surface area contributed by atoms with Crippen LogP contribution in [0.15, 0.2) is 29.8 Å². The number of nitrogens with one attached hydrogen (secondary N) is 1. The Bertz CT molecular complexity index is 521. The second-order valence-electron chi connectivity index (χ2n) is 4.75. The first-order chi connectivity index (χ1) is 9.25. The summed E-state index contributed by atoms with van der Waals surface area (Å²) in [5.74, 6) is -0.120. The fourth-order valence-electron chi connectivity index (χ4n) is 2.44. The van der Waals surface area contributed by atoms with E-state index in [2.05, 4.69) is 5.43 Å². The maximum Gasteiger partial charge on any atom is 0.263 e. The third kappa shape index (κ3) is 2.40. The molecule has 1 aromatic carbocycles. The first-order valence-electron chi connectivity index (χ1n) is 6.45. The second-order valence-corrected chi connectivity index (χ2v) is 4.75. The van der Waals surface area contributed by atoms with Gasteiger partial charge in [0.15, 0.2) is 0 Å². The minimum Gasteiger partial charge on any atom is -0.379 e.